The van der Waals surface area contributed by atoms with Gasteiger partial charge >= 0.3 is 0 Å². The molecule has 0 spiro atoms. The predicted molar refractivity (Wildman–Crippen MR) is 85.1 cm³/mol. The van der Waals surface area contributed by atoms with Gasteiger partial charge in [0.05, 0.1) is 0 Å². The summed E-state index contributed by atoms with van der Waals surface area (Å²) in [5.41, 5.74) is 0.308. The van der Waals surface area contributed by atoms with Crippen molar-refractivity contribution in [3.63, 3.8) is 0 Å². The number of likely N-dealkylation sites (tertiary alicyclic amines) is 2. The molecule has 2 heterocycles. The minimum absolute atomic E-state index is 0.0490. The van der Waals surface area contributed by atoms with Crippen LogP contribution in [0.25, 0.3) is 0 Å². The number of alkyl halides is 2. The molecule has 0 aromatic heterocycles. The highest BCUT2D eigenvalue weighted by Crippen LogP contribution is 2.30. The van der Waals surface area contributed by atoms with Crippen molar-refractivity contribution in [2.24, 2.45) is 5.92 Å². The van der Waals surface area contributed by atoms with Gasteiger partial charge in [-0.3, -0.25) is 9.69 Å². The van der Waals surface area contributed by atoms with Crippen molar-refractivity contribution in [1.82, 2.24) is 9.80 Å². The molecule has 0 aliphatic carbocycles. The second kappa shape index (κ2) is 7.32. The fourth-order valence-electron chi connectivity index (χ4n) is 3.56. The first-order valence-electron chi connectivity index (χ1n) is 8.67. The van der Waals surface area contributed by atoms with Crippen molar-refractivity contribution < 1.29 is 22.4 Å². The molecular weight excluding hydrogens is 336 g/mol. The Morgan fingerprint density at radius 1 is 1.08 bits per heavy atom. The Morgan fingerprint density at radius 2 is 1.72 bits per heavy atom. The number of hydrogen-bond donors (Lipinski definition) is 0. The Bertz CT molecular complexity index is 620. The van der Waals surface area contributed by atoms with Gasteiger partial charge in [0, 0.05) is 44.0 Å². The number of carbonyl (C=O) groups excluding carboxylic acids is 1. The quantitative estimate of drug-likeness (QED) is 0.773. The highest BCUT2D eigenvalue weighted by molar-refractivity contribution is 5.79. The molecule has 2 aliphatic rings. The summed E-state index contributed by atoms with van der Waals surface area (Å²) in [4.78, 5) is 16.0. The summed E-state index contributed by atoms with van der Waals surface area (Å²) in [5.74, 6) is -3.78. The van der Waals surface area contributed by atoms with Gasteiger partial charge in [0.1, 0.15) is 11.6 Å². The van der Waals surface area contributed by atoms with E-state index in [9.17, 15) is 22.4 Å². The van der Waals surface area contributed by atoms with Gasteiger partial charge in [-0.1, -0.05) is 0 Å². The summed E-state index contributed by atoms with van der Waals surface area (Å²) in [7, 11) is 0. The molecule has 0 saturated carbocycles. The zero-order chi connectivity index (χ0) is 18.0. The molecule has 0 bridgehead atoms. The highest BCUT2D eigenvalue weighted by atomic mass is 19.3. The number of carbonyl (C=O) groups is 1. The van der Waals surface area contributed by atoms with Crippen LogP contribution >= 0.6 is 0 Å². The van der Waals surface area contributed by atoms with E-state index in [4.69, 9.17) is 0 Å². The predicted octanol–water partition coefficient (Wildman–Crippen LogP) is 3.43. The summed E-state index contributed by atoms with van der Waals surface area (Å²) in [6.45, 7) is 1.74. The average Bonchev–Trinajstić information content (AvgIpc) is 2.58. The molecule has 7 heteroatoms. The first kappa shape index (κ1) is 18.2. The smallest absolute Gasteiger partial charge is 0.251 e. The van der Waals surface area contributed by atoms with Crippen LogP contribution in [0.1, 0.15) is 31.2 Å². The Labute approximate surface area is 144 Å². The monoisotopic (exact) mass is 358 g/mol. The number of amides is 1. The molecule has 138 valence electrons. The van der Waals surface area contributed by atoms with Gasteiger partial charge < -0.3 is 4.90 Å². The molecule has 0 radical (unpaired) electrons. The molecule has 25 heavy (non-hydrogen) atoms. The van der Waals surface area contributed by atoms with E-state index in [1.54, 1.807) is 4.90 Å². The lowest BCUT2D eigenvalue weighted by atomic mass is 9.93. The third kappa shape index (κ3) is 4.51. The van der Waals surface area contributed by atoms with Gasteiger partial charge in [-0.15, -0.1) is 0 Å². The molecule has 2 fully saturated rings. The van der Waals surface area contributed by atoms with Crippen LogP contribution in [0, 0.1) is 17.6 Å². The molecule has 0 atom stereocenters. The maximum absolute atomic E-state index is 13.7. The van der Waals surface area contributed by atoms with E-state index < -0.39 is 17.6 Å². The topological polar surface area (TPSA) is 23.6 Å². The van der Waals surface area contributed by atoms with Crippen LogP contribution in [0.5, 0.6) is 0 Å². The molecule has 3 nitrogen and oxygen atoms in total. The van der Waals surface area contributed by atoms with Crippen molar-refractivity contribution in [1.29, 1.82) is 0 Å². The lowest BCUT2D eigenvalue weighted by molar-refractivity contribution is -0.143. The lowest BCUT2D eigenvalue weighted by Gasteiger charge is -2.37. The summed E-state index contributed by atoms with van der Waals surface area (Å²) in [5, 5.41) is 0. The molecule has 2 saturated heterocycles. The van der Waals surface area contributed by atoms with E-state index in [1.165, 1.54) is 6.07 Å². The first-order chi connectivity index (χ1) is 11.8. The molecule has 1 aromatic carbocycles. The van der Waals surface area contributed by atoms with Crippen molar-refractivity contribution in [3.8, 4) is 0 Å². The summed E-state index contributed by atoms with van der Waals surface area (Å²) in [6.07, 6.45) is 0.693. The number of piperidine rings is 2. The Kier molecular flexibility index (Phi) is 5.32. The minimum atomic E-state index is -2.66. The second-order valence-electron chi connectivity index (χ2n) is 6.97. The maximum atomic E-state index is 13.7. The van der Waals surface area contributed by atoms with Gasteiger partial charge in [-0.2, -0.15) is 0 Å². The Hall–Kier alpha value is -1.63. The van der Waals surface area contributed by atoms with Crippen LogP contribution in [0.4, 0.5) is 17.6 Å². The van der Waals surface area contributed by atoms with Gasteiger partial charge in [0.2, 0.25) is 5.91 Å². The van der Waals surface area contributed by atoms with Crippen molar-refractivity contribution >= 4 is 5.91 Å². The molecule has 0 N–H and O–H groups in total. The van der Waals surface area contributed by atoms with E-state index in [0.29, 0.717) is 38.0 Å². The second-order valence-corrected chi connectivity index (χ2v) is 6.97. The fraction of sp³-hybridized carbons (Fsp3) is 0.611. The zero-order valence-corrected chi connectivity index (χ0v) is 14.0. The maximum Gasteiger partial charge on any atom is 0.251 e. The molecule has 3 rings (SSSR count). The SMILES string of the molecule is O=C(C1CCN(Cc2cc(F)ccc2F)CC1)N1CCC(F)(F)CC1. The summed E-state index contributed by atoms with van der Waals surface area (Å²) >= 11 is 0. The van der Waals surface area contributed by atoms with Crippen LogP contribution in [-0.2, 0) is 11.3 Å². The zero-order valence-electron chi connectivity index (χ0n) is 14.0. The third-order valence-electron chi connectivity index (χ3n) is 5.15. The first-order valence-corrected chi connectivity index (χ1v) is 8.67. The lowest BCUT2D eigenvalue weighted by Crippen LogP contribution is -2.47. The fourth-order valence-corrected chi connectivity index (χ4v) is 3.56. The van der Waals surface area contributed by atoms with Crippen LogP contribution in [0.15, 0.2) is 18.2 Å². The molecule has 1 aromatic rings. The number of benzene rings is 1. The van der Waals surface area contributed by atoms with E-state index >= 15 is 0 Å². The van der Waals surface area contributed by atoms with Gasteiger partial charge in [0.25, 0.3) is 5.92 Å². The van der Waals surface area contributed by atoms with Gasteiger partial charge in [0.15, 0.2) is 0 Å². The van der Waals surface area contributed by atoms with Crippen LogP contribution < -0.4 is 0 Å². The van der Waals surface area contributed by atoms with E-state index in [1.807, 2.05) is 4.90 Å². The summed E-state index contributed by atoms with van der Waals surface area (Å²) in [6, 6.07) is 3.40. The van der Waals surface area contributed by atoms with Gasteiger partial charge in [-0.05, 0) is 44.1 Å². The van der Waals surface area contributed by atoms with E-state index in [-0.39, 0.29) is 37.8 Å². The van der Waals surface area contributed by atoms with E-state index in [0.717, 1.165) is 12.1 Å². The summed E-state index contributed by atoms with van der Waals surface area (Å²) < 4.78 is 53.4. The Balaban J connectivity index is 1.50. The highest BCUT2D eigenvalue weighted by Gasteiger charge is 2.37. The third-order valence-corrected chi connectivity index (χ3v) is 5.15. The normalized spacial score (nSPS) is 22.2. The number of nitrogens with zero attached hydrogens (tertiary/aromatic N) is 2. The number of halogens is 4. The Morgan fingerprint density at radius 3 is 2.36 bits per heavy atom. The molecule has 2 aliphatic heterocycles. The van der Waals surface area contributed by atoms with Crippen LogP contribution in [0.2, 0.25) is 0 Å². The largest absolute Gasteiger partial charge is 0.342 e. The average molecular weight is 358 g/mol. The molecule has 1 amide bonds. The minimum Gasteiger partial charge on any atom is -0.342 e. The van der Waals surface area contributed by atoms with Gasteiger partial charge in [-0.25, -0.2) is 17.6 Å². The van der Waals surface area contributed by atoms with Crippen molar-refractivity contribution in [2.45, 2.75) is 38.2 Å². The van der Waals surface area contributed by atoms with Crippen molar-refractivity contribution in [2.75, 3.05) is 26.2 Å². The number of hydrogen-bond acceptors (Lipinski definition) is 2. The standard InChI is InChI=1S/C18H22F4N2O/c19-15-1-2-16(20)14(11-15)12-23-7-3-13(4-8-23)17(25)24-9-5-18(21,22)6-10-24/h1-2,11,13H,3-10,12H2. The van der Waals surface area contributed by atoms with Crippen molar-refractivity contribution in [3.05, 3.63) is 35.4 Å². The van der Waals surface area contributed by atoms with Crippen LogP contribution in [-0.4, -0.2) is 47.8 Å². The molecular formula is C18H22F4N2O. The van der Waals surface area contributed by atoms with E-state index in [2.05, 4.69) is 0 Å². The number of rotatable bonds is 3. The molecule has 0 unspecified atom stereocenters. The van der Waals surface area contributed by atoms with Crippen LogP contribution in [0.3, 0.4) is 0 Å².